The molecule has 0 saturated heterocycles. The second-order valence-electron chi connectivity index (χ2n) is 7.35. The van der Waals surface area contributed by atoms with Crippen LogP contribution in [0.1, 0.15) is 49.7 Å². The van der Waals surface area contributed by atoms with E-state index >= 15 is 0 Å². The molecule has 4 nitrogen and oxygen atoms in total. The molecule has 0 heterocycles. The quantitative estimate of drug-likeness (QED) is 0.803. The number of nitriles is 1. The molecule has 27 heavy (non-hydrogen) atoms. The largest absolute Gasteiger partial charge is 0.497 e. The first-order valence-electron chi connectivity index (χ1n) is 9.55. The topological polar surface area (TPSA) is 62.1 Å². The highest BCUT2D eigenvalue weighted by atomic mass is 16.5. The molecule has 3 rings (SSSR count). The lowest BCUT2D eigenvalue weighted by molar-refractivity contribution is -0.121. The van der Waals surface area contributed by atoms with Gasteiger partial charge in [0.2, 0.25) is 5.91 Å². The summed E-state index contributed by atoms with van der Waals surface area (Å²) in [5.41, 5.74) is 2.71. The average Bonchev–Trinajstić information content (AvgIpc) is 2.74. The molecule has 0 aromatic heterocycles. The molecular weight excluding hydrogens is 336 g/mol. The lowest BCUT2D eigenvalue weighted by Crippen LogP contribution is -2.29. The van der Waals surface area contributed by atoms with Crippen molar-refractivity contribution in [1.29, 1.82) is 5.26 Å². The van der Waals surface area contributed by atoms with E-state index in [0.29, 0.717) is 17.4 Å². The molecule has 1 aliphatic rings. The Kier molecular flexibility index (Phi) is 6.13. The number of nitrogens with one attached hydrogen (secondary N) is 1. The van der Waals surface area contributed by atoms with Gasteiger partial charge in [0.25, 0.3) is 0 Å². The molecule has 0 spiro atoms. The Labute approximate surface area is 161 Å². The molecule has 1 saturated carbocycles. The van der Waals surface area contributed by atoms with Gasteiger partial charge in [0.05, 0.1) is 18.7 Å². The van der Waals surface area contributed by atoms with Crippen LogP contribution in [-0.4, -0.2) is 13.0 Å². The summed E-state index contributed by atoms with van der Waals surface area (Å²) < 4.78 is 5.23. The summed E-state index contributed by atoms with van der Waals surface area (Å²) in [5, 5.41) is 11.8. The van der Waals surface area contributed by atoms with Crippen LogP contribution in [0.5, 0.6) is 5.75 Å². The second kappa shape index (κ2) is 8.73. The molecule has 1 amide bonds. The molecule has 0 aliphatic heterocycles. The van der Waals surface area contributed by atoms with Gasteiger partial charge >= 0.3 is 0 Å². The van der Waals surface area contributed by atoms with E-state index in [1.165, 1.54) is 5.56 Å². The summed E-state index contributed by atoms with van der Waals surface area (Å²) in [4.78, 5) is 12.6. The maximum absolute atomic E-state index is 12.6. The highest BCUT2D eigenvalue weighted by Crippen LogP contribution is 2.39. The number of nitrogens with zero attached hydrogens (tertiary/aromatic N) is 1. The van der Waals surface area contributed by atoms with Crippen LogP contribution in [0, 0.1) is 23.2 Å². The van der Waals surface area contributed by atoms with Crippen LogP contribution in [0.2, 0.25) is 0 Å². The number of hydrogen-bond acceptors (Lipinski definition) is 3. The number of ether oxygens (including phenoxy) is 1. The zero-order valence-corrected chi connectivity index (χ0v) is 15.9. The molecule has 4 heteroatoms. The average molecular weight is 362 g/mol. The number of hydrogen-bond donors (Lipinski definition) is 1. The molecule has 0 radical (unpaired) electrons. The van der Waals surface area contributed by atoms with E-state index in [-0.39, 0.29) is 11.8 Å². The molecule has 1 aliphatic carbocycles. The van der Waals surface area contributed by atoms with Gasteiger partial charge < -0.3 is 10.1 Å². The van der Waals surface area contributed by atoms with Crippen molar-refractivity contribution in [1.82, 2.24) is 0 Å². The summed E-state index contributed by atoms with van der Waals surface area (Å²) in [5.74, 6) is 1.92. The smallest absolute Gasteiger partial charge is 0.227 e. The Bertz CT molecular complexity index is 798. The standard InChI is InChI=1S/C23H26N2O2/c1-16(23(26)25-21-11-3-17(15-24)4-12-21)18-5-7-19(8-6-18)20-9-13-22(27-2)14-10-20/h3-4,9-14,16,18-19H,5-8H2,1-2H3,(H,25,26)/t16-,18?,19?/m1/s1. The highest BCUT2D eigenvalue weighted by Gasteiger charge is 2.29. The van der Waals surface area contributed by atoms with Gasteiger partial charge in [-0.2, -0.15) is 5.26 Å². The monoisotopic (exact) mass is 362 g/mol. The third-order valence-electron chi connectivity index (χ3n) is 5.76. The van der Waals surface area contributed by atoms with Crippen molar-refractivity contribution in [2.24, 2.45) is 11.8 Å². The Morgan fingerprint density at radius 1 is 1.07 bits per heavy atom. The lowest BCUT2D eigenvalue weighted by atomic mass is 9.74. The van der Waals surface area contributed by atoms with Crippen molar-refractivity contribution in [2.45, 2.75) is 38.5 Å². The lowest BCUT2D eigenvalue weighted by Gasteiger charge is -2.32. The fourth-order valence-electron chi connectivity index (χ4n) is 3.93. The van der Waals surface area contributed by atoms with Gasteiger partial charge in [0.1, 0.15) is 5.75 Å². The Balaban J connectivity index is 1.53. The summed E-state index contributed by atoms with van der Waals surface area (Å²) in [6.07, 6.45) is 4.37. The molecule has 1 fully saturated rings. The van der Waals surface area contributed by atoms with E-state index in [4.69, 9.17) is 10.00 Å². The minimum atomic E-state index is -0.0162. The van der Waals surface area contributed by atoms with Crippen LogP contribution in [0.15, 0.2) is 48.5 Å². The van der Waals surface area contributed by atoms with Crippen molar-refractivity contribution in [3.8, 4) is 11.8 Å². The fraction of sp³-hybridized carbons (Fsp3) is 0.391. The number of carbonyl (C=O) groups is 1. The molecule has 140 valence electrons. The molecular formula is C23H26N2O2. The van der Waals surface area contributed by atoms with Crippen LogP contribution in [0.25, 0.3) is 0 Å². The second-order valence-corrected chi connectivity index (χ2v) is 7.35. The zero-order chi connectivity index (χ0) is 19.2. The van der Waals surface area contributed by atoms with Gasteiger partial charge in [-0.05, 0) is 79.5 Å². The maximum atomic E-state index is 12.6. The number of amides is 1. The molecule has 2 aromatic carbocycles. The minimum absolute atomic E-state index is 0.0162. The predicted octanol–water partition coefficient (Wildman–Crippen LogP) is 5.12. The van der Waals surface area contributed by atoms with E-state index in [2.05, 4.69) is 23.5 Å². The SMILES string of the molecule is COc1ccc(C2CCC([C@@H](C)C(=O)Nc3ccc(C#N)cc3)CC2)cc1. The number of benzene rings is 2. The Hall–Kier alpha value is -2.80. The van der Waals surface area contributed by atoms with E-state index in [1.807, 2.05) is 19.1 Å². The van der Waals surface area contributed by atoms with Gasteiger partial charge in [0, 0.05) is 11.6 Å². The highest BCUT2D eigenvalue weighted by molar-refractivity contribution is 5.92. The molecule has 1 N–H and O–H groups in total. The van der Waals surface area contributed by atoms with Crippen molar-refractivity contribution in [3.63, 3.8) is 0 Å². The van der Waals surface area contributed by atoms with Crippen molar-refractivity contribution in [3.05, 3.63) is 59.7 Å². The predicted molar refractivity (Wildman–Crippen MR) is 107 cm³/mol. The van der Waals surface area contributed by atoms with E-state index < -0.39 is 0 Å². The van der Waals surface area contributed by atoms with Crippen LogP contribution in [0.4, 0.5) is 5.69 Å². The first-order chi connectivity index (χ1) is 13.1. The van der Waals surface area contributed by atoms with Crippen molar-refractivity contribution >= 4 is 11.6 Å². The minimum Gasteiger partial charge on any atom is -0.497 e. The third kappa shape index (κ3) is 4.68. The summed E-state index contributed by atoms with van der Waals surface area (Å²) in [6, 6.07) is 17.5. The summed E-state index contributed by atoms with van der Waals surface area (Å²) in [7, 11) is 1.69. The molecule has 0 unspecified atom stereocenters. The van der Waals surface area contributed by atoms with E-state index in [9.17, 15) is 4.79 Å². The van der Waals surface area contributed by atoms with Gasteiger partial charge in [-0.15, -0.1) is 0 Å². The Morgan fingerprint density at radius 3 is 2.26 bits per heavy atom. The molecule has 2 aromatic rings. The van der Waals surface area contributed by atoms with Crippen LogP contribution in [-0.2, 0) is 4.79 Å². The Morgan fingerprint density at radius 2 is 1.70 bits per heavy atom. The third-order valence-corrected chi connectivity index (χ3v) is 5.76. The van der Waals surface area contributed by atoms with Crippen LogP contribution in [0.3, 0.4) is 0 Å². The number of anilines is 1. The first-order valence-corrected chi connectivity index (χ1v) is 9.55. The van der Waals surface area contributed by atoms with Gasteiger partial charge in [-0.25, -0.2) is 0 Å². The number of rotatable bonds is 5. The van der Waals surface area contributed by atoms with E-state index in [1.54, 1.807) is 31.4 Å². The first kappa shape index (κ1) is 19.0. The zero-order valence-electron chi connectivity index (χ0n) is 15.9. The summed E-state index contributed by atoms with van der Waals surface area (Å²) in [6.45, 7) is 2.03. The van der Waals surface area contributed by atoms with Gasteiger partial charge in [0.15, 0.2) is 0 Å². The van der Waals surface area contributed by atoms with Crippen molar-refractivity contribution in [2.75, 3.05) is 12.4 Å². The van der Waals surface area contributed by atoms with E-state index in [0.717, 1.165) is 37.1 Å². The van der Waals surface area contributed by atoms with Crippen LogP contribution < -0.4 is 10.1 Å². The molecule has 0 bridgehead atoms. The van der Waals surface area contributed by atoms with Gasteiger partial charge in [-0.1, -0.05) is 19.1 Å². The normalized spacial score (nSPS) is 20.3. The van der Waals surface area contributed by atoms with Crippen LogP contribution >= 0.6 is 0 Å². The molecule has 1 atom stereocenters. The maximum Gasteiger partial charge on any atom is 0.227 e. The number of methoxy groups -OCH3 is 1. The van der Waals surface area contributed by atoms with Crippen molar-refractivity contribution < 1.29 is 9.53 Å². The van der Waals surface area contributed by atoms with Gasteiger partial charge in [-0.3, -0.25) is 4.79 Å². The number of carbonyl (C=O) groups excluding carboxylic acids is 1. The summed E-state index contributed by atoms with van der Waals surface area (Å²) >= 11 is 0. The fourth-order valence-corrected chi connectivity index (χ4v) is 3.93.